The van der Waals surface area contributed by atoms with E-state index in [1.165, 1.54) is 6.07 Å². The molecule has 1 nitrogen and oxygen atoms in total. The van der Waals surface area contributed by atoms with E-state index in [2.05, 4.69) is 21.2 Å². The molecular formula is C15H13BrClF2N. The summed E-state index contributed by atoms with van der Waals surface area (Å²) in [4.78, 5) is 0. The van der Waals surface area contributed by atoms with Crippen LogP contribution in [0, 0.1) is 11.6 Å². The van der Waals surface area contributed by atoms with Crippen LogP contribution >= 0.6 is 27.5 Å². The van der Waals surface area contributed by atoms with Gasteiger partial charge in [-0.2, -0.15) is 0 Å². The molecular weight excluding hydrogens is 348 g/mol. The van der Waals surface area contributed by atoms with Gasteiger partial charge in [-0.15, -0.1) is 0 Å². The van der Waals surface area contributed by atoms with Gasteiger partial charge in [-0.05, 0) is 42.4 Å². The monoisotopic (exact) mass is 359 g/mol. The second-order valence-electron chi connectivity index (χ2n) is 4.32. The molecule has 1 unspecified atom stereocenters. The van der Waals surface area contributed by atoms with Crippen molar-refractivity contribution in [1.82, 2.24) is 5.32 Å². The Hall–Kier alpha value is -0.970. The molecule has 0 spiro atoms. The Morgan fingerprint density at radius 3 is 2.55 bits per heavy atom. The molecule has 2 rings (SSSR count). The molecule has 0 aliphatic heterocycles. The average Bonchev–Trinajstić information content (AvgIpc) is 2.40. The Balaban J connectivity index is 2.53. The molecule has 0 amide bonds. The highest BCUT2D eigenvalue weighted by Crippen LogP contribution is 2.32. The third kappa shape index (κ3) is 3.37. The Kier molecular flexibility index (Phi) is 5.13. The summed E-state index contributed by atoms with van der Waals surface area (Å²) in [5.74, 6) is -0.936. The van der Waals surface area contributed by atoms with Crippen molar-refractivity contribution >= 4 is 27.5 Å². The first-order valence-electron chi connectivity index (χ1n) is 6.16. The number of hydrogen-bond donors (Lipinski definition) is 1. The molecule has 5 heteroatoms. The maximum Gasteiger partial charge on any atom is 0.128 e. The van der Waals surface area contributed by atoms with Crippen molar-refractivity contribution in [3.05, 3.63) is 68.7 Å². The average molecular weight is 361 g/mol. The summed E-state index contributed by atoms with van der Waals surface area (Å²) >= 11 is 9.54. The maximum absolute atomic E-state index is 14.0. The summed E-state index contributed by atoms with van der Waals surface area (Å²) in [5, 5.41) is 3.63. The zero-order valence-electron chi connectivity index (χ0n) is 10.8. The summed E-state index contributed by atoms with van der Waals surface area (Å²) in [6.45, 7) is 2.50. The predicted octanol–water partition coefficient (Wildman–Crippen LogP) is 5.08. The number of benzene rings is 2. The van der Waals surface area contributed by atoms with Crippen LogP contribution in [0.2, 0.25) is 5.02 Å². The van der Waals surface area contributed by atoms with Crippen molar-refractivity contribution in [2.24, 2.45) is 0 Å². The van der Waals surface area contributed by atoms with Crippen molar-refractivity contribution in [2.75, 3.05) is 6.54 Å². The molecule has 2 aromatic carbocycles. The molecule has 1 atom stereocenters. The first-order chi connectivity index (χ1) is 9.52. The van der Waals surface area contributed by atoms with Gasteiger partial charge in [0.1, 0.15) is 11.6 Å². The van der Waals surface area contributed by atoms with Crippen LogP contribution in [0.4, 0.5) is 8.78 Å². The fourth-order valence-electron chi connectivity index (χ4n) is 2.06. The van der Waals surface area contributed by atoms with E-state index in [1.807, 2.05) is 13.0 Å². The summed E-state index contributed by atoms with van der Waals surface area (Å²) in [6.07, 6.45) is 0. The Morgan fingerprint density at radius 1 is 1.15 bits per heavy atom. The Labute approximate surface area is 130 Å². The van der Waals surface area contributed by atoms with Crippen LogP contribution in [0.3, 0.4) is 0 Å². The van der Waals surface area contributed by atoms with Crippen LogP contribution < -0.4 is 5.32 Å². The minimum absolute atomic E-state index is 0.246. The zero-order chi connectivity index (χ0) is 14.7. The molecule has 1 N–H and O–H groups in total. The van der Waals surface area contributed by atoms with E-state index in [1.54, 1.807) is 12.1 Å². The van der Waals surface area contributed by atoms with Gasteiger partial charge in [0.15, 0.2) is 0 Å². The molecule has 0 bridgehead atoms. The third-order valence-electron chi connectivity index (χ3n) is 2.95. The summed E-state index contributed by atoms with van der Waals surface area (Å²) in [6, 6.07) is 8.29. The fraction of sp³-hybridized carbons (Fsp3) is 0.200. The SMILES string of the molecule is CCNC(c1cc(F)ccc1F)c1ccc(Br)cc1Cl. The third-order valence-corrected chi connectivity index (χ3v) is 3.77. The van der Waals surface area contributed by atoms with E-state index in [9.17, 15) is 8.78 Å². The molecule has 20 heavy (non-hydrogen) atoms. The van der Waals surface area contributed by atoms with Gasteiger partial charge in [0, 0.05) is 15.1 Å². The van der Waals surface area contributed by atoms with Gasteiger partial charge in [0.25, 0.3) is 0 Å². The fourth-order valence-corrected chi connectivity index (χ4v) is 2.85. The molecule has 2 aromatic rings. The Bertz CT molecular complexity index is 619. The van der Waals surface area contributed by atoms with E-state index in [-0.39, 0.29) is 5.56 Å². The lowest BCUT2D eigenvalue weighted by atomic mass is 9.98. The molecule has 0 heterocycles. The van der Waals surface area contributed by atoms with E-state index in [0.29, 0.717) is 17.1 Å². The van der Waals surface area contributed by atoms with Gasteiger partial charge in [-0.1, -0.05) is 40.5 Å². The Morgan fingerprint density at radius 2 is 1.90 bits per heavy atom. The molecule has 0 saturated carbocycles. The van der Waals surface area contributed by atoms with Crippen molar-refractivity contribution in [2.45, 2.75) is 13.0 Å². The van der Waals surface area contributed by atoms with E-state index in [4.69, 9.17) is 11.6 Å². The lowest BCUT2D eigenvalue weighted by Crippen LogP contribution is -2.23. The van der Waals surface area contributed by atoms with Gasteiger partial charge in [0.05, 0.1) is 6.04 Å². The van der Waals surface area contributed by atoms with Gasteiger partial charge in [0.2, 0.25) is 0 Å². The van der Waals surface area contributed by atoms with Crippen molar-refractivity contribution in [1.29, 1.82) is 0 Å². The van der Waals surface area contributed by atoms with Gasteiger partial charge in [-0.25, -0.2) is 8.78 Å². The summed E-state index contributed by atoms with van der Waals surface area (Å²) in [5.41, 5.74) is 0.956. The van der Waals surface area contributed by atoms with E-state index < -0.39 is 17.7 Å². The van der Waals surface area contributed by atoms with E-state index in [0.717, 1.165) is 16.6 Å². The lowest BCUT2D eigenvalue weighted by molar-refractivity contribution is 0.545. The van der Waals surface area contributed by atoms with E-state index >= 15 is 0 Å². The lowest BCUT2D eigenvalue weighted by Gasteiger charge is -2.21. The van der Waals surface area contributed by atoms with Crippen LogP contribution in [-0.2, 0) is 0 Å². The summed E-state index contributed by atoms with van der Waals surface area (Å²) in [7, 11) is 0. The van der Waals surface area contributed by atoms with Crippen LogP contribution in [0.25, 0.3) is 0 Å². The molecule has 0 aliphatic carbocycles. The molecule has 0 aromatic heterocycles. The smallest absolute Gasteiger partial charge is 0.128 e. The normalized spacial score (nSPS) is 12.4. The summed E-state index contributed by atoms with van der Waals surface area (Å²) < 4.78 is 28.2. The molecule has 0 saturated heterocycles. The number of halogens is 4. The second-order valence-corrected chi connectivity index (χ2v) is 5.65. The van der Waals surface area contributed by atoms with Crippen LogP contribution in [0.15, 0.2) is 40.9 Å². The largest absolute Gasteiger partial charge is 0.306 e. The van der Waals surface area contributed by atoms with Gasteiger partial charge in [-0.3, -0.25) is 0 Å². The molecule has 106 valence electrons. The highest BCUT2D eigenvalue weighted by molar-refractivity contribution is 9.10. The highest BCUT2D eigenvalue weighted by Gasteiger charge is 2.20. The first kappa shape index (κ1) is 15.4. The number of hydrogen-bond acceptors (Lipinski definition) is 1. The standard InChI is InChI=1S/C15H13BrClF2N/c1-2-20-15(11-5-3-9(16)7-13(11)17)12-8-10(18)4-6-14(12)19/h3-8,15,20H,2H2,1H3. The number of nitrogens with one attached hydrogen (secondary N) is 1. The predicted molar refractivity (Wildman–Crippen MR) is 81.0 cm³/mol. The first-order valence-corrected chi connectivity index (χ1v) is 7.33. The second kappa shape index (κ2) is 6.66. The van der Waals surface area contributed by atoms with Crippen molar-refractivity contribution in [3.8, 4) is 0 Å². The number of rotatable bonds is 4. The topological polar surface area (TPSA) is 12.0 Å². The van der Waals surface area contributed by atoms with Crippen LogP contribution in [0.5, 0.6) is 0 Å². The maximum atomic E-state index is 14.0. The molecule has 0 radical (unpaired) electrons. The van der Waals surface area contributed by atoms with Crippen molar-refractivity contribution < 1.29 is 8.78 Å². The van der Waals surface area contributed by atoms with Crippen molar-refractivity contribution in [3.63, 3.8) is 0 Å². The molecule has 0 aliphatic rings. The van der Waals surface area contributed by atoms with Crippen LogP contribution in [0.1, 0.15) is 24.1 Å². The highest BCUT2D eigenvalue weighted by atomic mass is 79.9. The van der Waals surface area contributed by atoms with Gasteiger partial charge < -0.3 is 5.32 Å². The quantitative estimate of drug-likeness (QED) is 0.802. The zero-order valence-corrected chi connectivity index (χ0v) is 13.1. The minimum atomic E-state index is -0.490. The molecule has 0 fully saturated rings. The minimum Gasteiger partial charge on any atom is -0.306 e. The van der Waals surface area contributed by atoms with Crippen LogP contribution in [-0.4, -0.2) is 6.54 Å². The van der Waals surface area contributed by atoms with Gasteiger partial charge >= 0.3 is 0 Å².